The third-order valence-corrected chi connectivity index (χ3v) is 2.45. The smallest absolute Gasteiger partial charge is 0.169 e. The second-order valence-corrected chi connectivity index (χ2v) is 3.59. The van der Waals surface area contributed by atoms with Crippen LogP contribution in [0.4, 0.5) is 0 Å². The molecule has 0 aromatic heterocycles. The van der Waals surface area contributed by atoms with E-state index >= 15 is 0 Å². The molecule has 0 bridgehead atoms. The van der Waals surface area contributed by atoms with Gasteiger partial charge in [0.1, 0.15) is 5.75 Å². The van der Waals surface area contributed by atoms with E-state index in [-0.39, 0.29) is 5.78 Å². The molecule has 1 aliphatic heterocycles. The highest BCUT2D eigenvalue weighted by Gasteiger charge is 2.17. The predicted octanol–water partition coefficient (Wildman–Crippen LogP) is 2.98. The molecule has 0 spiro atoms. The minimum atomic E-state index is 0.121. The van der Waals surface area contributed by atoms with E-state index in [1.165, 1.54) is 0 Å². The maximum absolute atomic E-state index is 11.5. The number of azide groups is 1. The molecule has 5 heteroatoms. The van der Waals surface area contributed by atoms with Crippen LogP contribution in [0.3, 0.4) is 0 Å². The normalized spacial score (nSPS) is 14.0. The van der Waals surface area contributed by atoms with E-state index in [4.69, 9.17) is 10.3 Å². The first-order chi connectivity index (χ1) is 8.31. The van der Waals surface area contributed by atoms with Gasteiger partial charge >= 0.3 is 0 Å². The second-order valence-electron chi connectivity index (χ2n) is 3.59. The minimum Gasteiger partial charge on any atom is -0.492 e. The van der Waals surface area contributed by atoms with E-state index in [0.29, 0.717) is 30.9 Å². The van der Waals surface area contributed by atoms with E-state index in [9.17, 15) is 4.79 Å². The third kappa shape index (κ3) is 2.65. The zero-order chi connectivity index (χ0) is 12.1. The first-order valence-electron chi connectivity index (χ1n) is 5.28. The summed E-state index contributed by atoms with van der Waals surface area (Å²) in [7, 11) is 0. The molecule has 1 aromatic carbocycles. The van der Waals surface area contributed by atoms with Crippen LogP contribution in [0.1, 0.15) is 22.3 Å². The van der Waals surface area contributed by atoms with Crippen molar-refractivity contribution in [2.24, 2.45) is 5.11 Å². The first-order valence-corrected chi connectivity index (χ1v) is 5.28. The van der Waals surface area contributed by atoms with Crippen molar-refractivity contribution in [3.63, 3.8) is 0 Å². The number of fused-ring (bicyclic) bond motifs is 1. The van der Waals surface area contributed by atoms with Crippen LogP contribution in [0.2, 0.25) is 0 Å². The molecule has 1 aliphatic rings. The Morgan fingerprint density at radius 2 is 2.41 bits per heavy atom. The lowest BCUT2D eigenvalue weighted by Gasteiger charge is -2.16. The number of ketones is 1. The van der Waals surface area contributed by atoms with Crippen LogP contribution in [0.25, 0.3) is 16.5 Å². The predicted molar refractivity (Wildman–Crippen MR) is 63.9 cm³/mol. The maximum atomic E-state index is 11.5. The minimum absolute atomic E-state index is 0.121. The van der Waals surface area contributed by atoms with Gasteiger partial charge in [-0.15, -0.1) is 0 Å². The van der Waals surface area contributed by atoms with Gasteiger partial charge in [0.05, 0.1) is 12.2 Å². The molecule has 0 amide bonds. The van der Waals surface area contributed by atoms with E-state index in [0.717, 1.165) is 5.56 Å². The number of carbonyl (C=O) groups is 1. The number of carbonyl (C=O) groups excluding carboxylic acids is 1. The summed E-state index contributed by atoms with van der Waals surface area (Å²) in [6, 6.07) is 5.43. The highest BCUT2D eigenvalue weighted by atomic mass is 16.5. The highest BCUT2D eigenvalue weighted by molar-refractivity contribution is 5.99. The van der Waals surface area contributed by atoms with Crippen LogP contribution in [0.15, 0.2) is 29.4 Å². The van der Waals surface area contributed by atoms with Gasteiger partial charge in [0.15, 0.2) is 5.78 Å². The quantitative estimate of drug-likeness (QED) is 0.454. The van der Waals surface area contributed by atoms with Crippen LogP contribution in [0.5, 0.6) is 5.75 Å². The Labute approximate surface area is 98.3 Å². The van der Waals surface area contributed by atoms with Crippen molar-refractivity contribution < 1.29 is 9.53 Å². The van der Waals surface area contributed by atoms with Crippen molar-refractivity contribution in [2.75, 3.05) is 13.2 Å². The van der Waals surface area contributed by atoms with Gasteiger partial charge in [0.25, 0.3) is 0 Å². The molecule has 2 rings (SSSR count). The molecule has 0 fully saturated rings. The molecule has 0 aliphatic carbocycles. The largest absolute Gasteiger partial charge is 0.492 e. The Bertz CT molecular complexity index is 516. The van der Waals surface area contributed by atoms with Crippen LogP contribution < -0.4 is 4.74 Å². The van der Waals surface area contributed by atoms with Gasteiger partial charge in [0, 0.05) is 17.9 Å². The fourth-order valence-electron chi connectivity index (χ4n) is 1.65. The summed E-state index contributed by atoms with van der Waals surface area (Å²) in [6.07, 6.45) is 4.03. The molecule has 5 nitrogen and oxygen atoms in total. The standard InChI is InChI=1S/C12H11N3O2/c13-15-14-6-1-2-9-3-4-10-11(16)5-7-17-12(10)8-9/h1-4,8H,5-7H2. The van der Waals surface area contributed by atoms with Crippen molar-refractivity contribution in [3.05, 3.63) is 45.8 Å². The number of rotatable bonds is 3. The molecular formula is C12H11N3O2. The zero-order valence-corrected chi connectivity index (χ0v) is 9.17. The Morgan fingerprint density at radius 1 is 1.53 bits per heavy atom. The molecule has 86 valence electrons. The summed E-state index contributed by atoms with van der Waals surface area (Å²) in [5.74, 6) is 0.753. The molecule has 0 unspecified atom stereocenters. The number of ether oxygens (including phenoxy) is 1. The molecule has 0 saturated heterocycles. The van der Waals surface area contributed by atoms with Gasteiger partial charge in [-0.3, -0.25) is 4.79 Å². The molecule has 0 saturated carbocycles. The number of hydrogen-bond donors (Lipinski definition) is 0. The summed E-state index contributed by atoms with van der Waals surface area (Å²) in [6.45, 7) is 0.755. The molecule has 1 heterocycles. The number of benzene rings is 1. The summed E-state index contributed by atoms with van der Waals surface area (Å²) < 4.78 is 5.43. The lowest BCUT2D eigenvalue weighted by Crippen LogP contribution is -2.15. The maximum Gasteiger partial charge on any atom is 0.169 e. The van der Waals surface area contributed by atoms with E-state index in [1.807, 2.05) is 18.2 Å². The highest BCUT2D eigenvalue weighted by Crippen LogP contribution is 2.26. The molecule has 17 heavy (non-hydrogen) atoms. The topological polar surface area (TPSA) is 75.1 Å². The molecule has 0 N–H and O–H groups in total. The van der Waals surface area contributed by atoms with Crippen molar-refractivity contribution >= 4 is 11.9 Å². The van der Waals surface area contributed by atoms with Crippen molar-refractivity contribution in [1.82, 2.24) is 0 Å². The van der Waals surface area contributed by atoms with Gasteiger partial charge in [0.2, 0.25) is 0 Å². The Kier molecular flexibility index (Phi) is 3.43. The lowest BCUT2D eigenvalue weighted by atomic mass is 10.0. The second kappa shape index (κ2) is 5.18. The SMILES string of the molecule is [N-]=[N+]=NCC=Cc1ccc2c(c1)OCCC2=O. The van der Waals surface area contributed by atoms with E-state index in [1.54, 1.807) is 12.1 Å². The number of Topliss-reactive ketones (excluding diaryl/α,β-unsaturated/α-hetero) is 1. The van der Waals surface area contributed by atoms with Gasteiger partial charge in [-0.1, -0.05) is 23.3 Å². The Hall–Kier alpha value is -2.26. The summed E-state index contributed by atoms with van der Waals surface area (Å²) in [4.78, 5) is 14.2. The third-order valence-electron chi connectivity index (χ3n) is 2.45. The van der Waals surface area contributed by atoms with Crippen molar-refractivity contribution in [1.29, 1.82) is 0 Å². The van der Waals surface area contributed by atoms with Gasteiger partial charge in [-0.2, -0.15) is 0 Å². The lowest BCUT2D eigenvalue weighted by molar-refractivity contribution is 0.0933. The molecule has 0 radical (unpaired) electrons. The Morgan fingerprint density at radius 3 is 3.24 bits per heavy atom. The molecule has 0 atom stereocenters. The van der Waals surface area contributed by atoms with E-state index < -0.39 is 0 Å². The molecular weight excluding hydrogens is 218 g/mol. The van der Waals surface area contributed by atoms with E-state index in [2.05, 4.69) is 10.0 Å². The zero-order valence-electron chi connectivity index (χ0n) is 9.17. The van der Waals surface area contributed by atoms with Gasteiger partial charge in [-0.25, -0.2) is 0 Å². The number of nitrogens with zero attached hydrogens (tertiary/aromatic N) is 3. The van der Waals surface area contributed by atoms with Gasteiger partial charge < -0.3 is 4.74 Å². The average molecular weight is 229 g/mol. The van der Waals surface area contributed by atoms with Crippen molar-refractivity contribution in [2.45, 2.75) is 6.42 Å². The van der Waals surface area contributed by atoms with Crippen molar-refractivity contribution in [3.8, 4) is 5.75 Å². The van der Waals surface area contributed by atoms with Crippen LogP contribution in [-0.2, 0) is 0 Å². The average Bonchev–Trinajstić information content (AvgIpc) is 2.35. The summed E-state index contributed by atoms with van der Waals surface area (Å²) in [5, 5.41) is 3.39. The summed E-state index contributed by atoms with van der Waals surface area (Å²) >= 11 is 0. The molecule has 1 aromatic rings. The Balaban J connectivity index is 2.18. The van der Waals surface area contributed by atoms with Crippen LogP contribution in [0, 0.1) is 0 Å². The summed E-state index contributed by atoms with van der Waals surface area (Å²) in [5.41, 5.74) is 9.68. The fraction of sp³-hybridized carbons (Fsp3) is 0.250. The van der Waals surface area contributed by atoms with Crippen LogP contribution in [-0.4, -0.2) is 18.9 Å². The van der Waals surface area contributed by atoms with Crippen LogP contribution >= 0.6 is 0 Å². The number of hydrogen-bond acceptors (Lipinski definition) is 3. The van der Waals surface area contributed by atoms with Gasteiger partial charge in [-0.05, 0) is 23.2 Å². The fourth-order valence-corrected chi connectivity index (χ4v) is 1.65. The monoisotopic (exact) mass is 229 g/mol. The first kappa shape index (κ1) is 11.2.